The van der Waals surface area contributed by atoms with Crippen molar-refractivity contribution in [3.63, 3.8) is 0 Å². The fourth-order valence-corrected chi connectivity index (χ4v) is 4.23. The van der Waals surface area contributed by atoms with Crippen LogP contribution in [0.2, 0.25) is 0 Å². The van der Waals surface area contributed by atoms with Crippen LogP contribution >= 0.6 is 11.3 Å². The van der Waals surface area contributed by atoms with E-state index < -0.39 is 0 Å². The van der Waals surface area contributed by atoms with E-state index in [1.165, 1.54) is 22.2 Å². The highest BCUT2D eigenvalue weighted by atomic mass is 32.1. The second kappa shape index (κ2) is 9.14. The van der Waals surface area contributed by atoms with Crippen LogP contribution in [0.4, 0.5) is 5.69 Å². The fourth-order valence-electron chi connectivity index (χ4n) is 3.32. The van der Waals surface area contributed by atoms with Gasteiger partial charge in [0.05, 0.1) is 18.3 Å². The molecule has 4 rings (SSSR count). The van der Waals surface area contributed by atoms with Crippen molar-refractivity contribution in [2.24, 2.45) is 0 Å². The predicted molar refractivity (Wildman–Crippen MR) is 125 cm³/mol. The third-order valence-electron chi connectivity index (χ3n) is 4.95. The highest BCUT2D eigenvalue weighted by Crippen LogP contribution is 2.30. The number of hydrogen-bond donors (Lipinski definition) is 1. The molecule has 1 amide bonds. The molecular weight excluding hydrogens is 410 g/mol. The van der Waals surface area contributed by atoms with Crippen molar-refractivity contribution in [2.75, 3.05) is 11.9 Å². The van der Waals surface area contributed by atoms with Gasteiger partial charge in [-0.25, -0.2) is 4.98 Å². The molecule has 0 saturated carbocycles. The van der Waals surface area contributed by atoms with Crippen molar-refractivity contribution in [3.8, 4) is 16.9 Å². The molecule has 6 nitrogen and oxygen atoms in total. The molecule has 0 bridgehead atoms. The number of aromatic nitrogens is 2. The quantitative estimate of drug-likeness (QED) is 0.452. The largest absolute Gasteiger partial charge is 0.494 e. The number of thiophene rings is 1. The van der Waals surface area contributed by atoms with Crippen LogP contribution in [0.5, 0.6) is 5.75 Å². The maximum absolute atomic E-state index is 13.1. The number of amides is 1. The number of anilines is 1. The Hall–Kier alpha value is -3.45. The van der Waals surface area contributed by atoms with Gasteiger partial charge in [-0.2, -0.15) is 0 Å². The van der Waals surface area contributed by atoms with Gasteiger partial charge in [-0.15, -0.1) is 11.3 Å². The van der Waals surface area contributed by atoms with Crippen LogP contribution in [0.1, 0.15) is 18.9 Å². The average molecular weight is 434 g/mol. The minimum Gasteiger partial charge on any atom is -0.494 e. The van der Waals surface area contributed by atoms with Gasteiger partial charge in [0, 0.05) is 29.6 Å². The summed E-state index contributed by atoms with van der Waals surface area (Å²) in [6.07, 6.45) is 1.69. The highest BCUT2D eigenvalue weighted by Gasteiger charge is 2.14. The molecule has 0 aliphatic carbocycles. The first-order valence-electron chi connectivity index (χ1n) is 10.1. The van der Waals surface area contributed by atoms with Gasteiger partial charge in [0.2, 0.25) is 5.91 Å². The number of benzene rings is 2. The lowest BCUT2D eigenvalue weighted by molar-refractivity contribution is -0.116. The maximum atomic E-state index is 13.1. The summed E-state index contributed by atoms with van der Waals surface area (Å²) >= 11 is 1.45. The van der Waals surface area contributed by atoms with Crippen LogP contribution in [-0.2, 0) is 11.3 Å². The van der Waals surface area contributed by atoms with Crippen LogP contribution in [0, 0.1) is 6.92 Å². The van der Waals surface area contributed by atoms with Crippen molar-refractivity contribution in [1.82, 2.24) is 9.55 Å². The minimum absolute atomic E-state index is 0.129. The number of fused-ring (bicyclic) bond motifs is 1. The van der Waals surface area contributed by atoms with Gasteiger partial charge in [-0.3, -0.25) is 14.2 Å². The number of ether oxygens (including phenoxy) is 1. The Bertz CT molecular complexity index is 1260. The Labute approximate surface area is 184 Å². The van der Waals surface area contributed by atoms with Gasteiger partial charge in [-0.05, 0) is 43.7 Å². The molecule has 0 fully saturated rings. The normalized spacial score (nSPS) is 10.9. The van der Waals surface area contributed by atoms with Gasteiger partial charge >= 0.3 is 0 Å². The van der Waals surface area contributed by atoms with Crippen LogP contribution in [0.15, 0.2) is 65.0 Å². The van der Waals surface area contributed by atoms with E-state index in [2.05, 4.69) is 10.3 Å². The average Bonchev–Trinajstić information content (AvgIpc) is 3.20. The summed E-state index contributed by atoms with van der Waals surface area (Å²) in [4.78, 5) is 30.6. The van der Waals surface area contributed by atoms with Crippen LogP contribution < -0.4 is 15.6 Å². The third-order valence-corrected chi connectivity index (χ3v) is 5.84. The standard InChI is InChI=1S/C24H23N3O3S/c1-3-30-19-10-8-18(9-11-19)26-21(28)12-13-27-15-25-23-22(24(27)29)20(14-31-23)17-6-4-16(2)5-7-17/h4-11,14-15H,3,12-13H2,1-2H3,(H,26,28). The Kier molecular flexibility index (Phi) is 6.13. The zero-order valence-electron chi connectivity index (χ0n) is 17.4. The van der Waals surface area contributed by atoms with Gasteiger partial charge in [0.15, 0.2) is 0 Å². The molecule has 2 heterocycles. The molecule has 0 spiro atoms. The lowest BCUT2D eigenvalue weighted by Crippen LogP contribution is -2.23. The first-order valence-corrected chi connectivity index (χ1v) is 11.0. The first-order chi connectivity index (χ1) is 15.0. The molecule has 31 heavy (non-hydrogen) atoms. The van der Waals surface area contributed by atoms with Gasteiger partial charge < -0.3 is 10.1 Å². The monoisotopic (exact) mass is 433 g/mol. The number of carbonyl (C=O) groups excluding carboxylic acids is 1. The molecule has 0 aliphatic heterocycles. The van der Waals surface area contributed by atoms with E-state index in [0.29, 0.717) is 22.5 Å². The van der Waals surface area contributed by atoms with Crippen LogP contribution in [0.3, 0.4) is 0 Å². The Morgan fingerprint density at radius 3 is 2.58 bits per heavy atom. The summed E-state index contributed by atoms with van der Waals surface area (Å²) in [5.41, 5.74) is 3.59. The van der Waals surface area contributed by atoms with Crippen LogP contribution in [0.25, 0.3) is 21.3 Å². The Morgan fingerprint density at radius 1 is 1.13 bits per heavy atom. The second-order valence-electron chi connectivity index (χ2n) is 7.19. The fraction of sp³-hybridized carbons (Fsp3) is 0.208. The summed E-state index contributed by atoms with van der Waals surface area (Å²) in [5.74, 6) is 0.590. The number of nitrogens with zero attached hydrogens (tertiary/aromatic N) is 2. The molecule has 0 saturated heterocycles. The summed E-state index contributed by atoms with van der Waals surface area (Å²) < 4.78 is 6.91. The van der Waals surface area contributed by atoms with Crippen molar-refractivity contribution in [2.45, 2.75) is 26.8 Å². The lowest BCUT2D eigenvalue weighted by atomic mass is 10.1. The van der Waals surface area contributed by atoms with E-state index >= 15 is 0 Å². The Balaban J connectivity index is 1.49. The molecule has 4 aromatic rings. The van der Waals surface area contributed by atoms with E-state index in [1.54, 1.807) is 12.1 Å². The molecule has 0 aliphatic rings. The molecule has 1 N–H and O–H groups in total. The van der Waals surface area contributed by atoms with E-state index in [0.717, 1.165) is 22.4 Å². The van der Waals surface area contributed by atoms with Gasteiger partial charge in [0.1, 0.15) is 10.6 Å². The van der Waals surface area contributed by atoms with Crippen molar-refractivity contribution >= 4 is 33.1 Å². The van der Waals surface area contributed by atoms with E-state index in [9.17, 15) is 9.59 Å². The zero-order valence-corrected chi connectivity index (χ0v) is 18.2. The summed E-state index contributed by atoms with van der Waals surface area (Å²) in [6, 6.07) is 15.3. The molecule has 0 radical (unpaired) electrons. The SMILES string of the molecule is CCOc1ccc(NC(=O)CCn2cnc3scc(-c4ccc(C)cc4)c3c2=O)cc1. The van der Waals surface area contributed by atoms with E-state index in [-0.39, 0.29) is 24.4 Å². The third kappa shape index (κ3) is 4.67. The number of rotatable bonds is 7. The maximum Gasteiger partial charge on any atom is 0.262 e. The Morgan fingerprint density at radius 2 is 1.87 bits per heavy atom. The molecule has 2 aromatic carbocycles. The topological polar surface area (TPSA) is 73.2 Å². The molecule has 0 atom stereocenters. The van der Waals surface area contributed by atoms with Crippen molar-refractivity contribution < 1.29 is 9.53 Å². The summed E-state index contributed by atoms with van der Waals surface area (Å²) in [7, 11) is 0. The molecule has 2 aromatic heterocycles. The highest BCUT2D eigenvalue weighted by molar-refractivity contribution is 7.17. The molecule has 7 heteroatoms. The summed E-state index contributed by atoms with van der Waals surface area (Å²) in [6.45, 7) is 4.80. The smallest absolute Gasteiger partial charge is 0.262 e. The number of nitrogens with one attached hydrogen (secondary N) is 1. The predicted octanol–water partition coefficient (Wildman–Crippen LogP) is 4.86. The molecular formula is C24H23N3O3S. The zero-order chi connectivity index (χ0) is 21.8. The minimum atomic E-state index is -0.166. The number of carbonyl (C=O) groups is 1. The van der Waals surface area contributed by atoms with Gasteiger partial charge in [0.25, 0.3) is 5.56 Å². The van der Waals surface area contributed by atoms with E-state index in [4.69, 9.17) is 4.74 Å². The van der Waals surface area contributed by atoms with Gasteiger partial charge in [-0.1, -0.05) is 29.8 Å². The van der Waals surface area contributed by atoms with Crippen LogP contribution in [-0.4, -0.2) is 22.1 Å². The van der Waals surface area contributed by atoms with E-state index in [1.807, 2.05) is 55.6 Å². The first kappa shape index (κ1) is 20.8. The van der Waals surface area contributed by atoms with Crippen molar-refractivity contribution in [1.29, 1.82) is 0 Å². The lowest BCUT2D eigenvalue weighted by Gasteiger charge is -2.09. The summed E-state index contributed by atoms with van der Waals surface area (Å²) in [5, 5.41) is 5.41. The molecule has 0 unspecified atom stereocenters. The molecule has 158 valence electrons. The number of hydrogen-bond acceptors (Lipinski definition) is 5. The second-order valence-corrected chi connectivity index (χ2v) is 8.05. The number of aryl methyl sites for hydroxylation is 2. The van der Waals surface area contributed by atoms with Crippen molar-refractivity contribution in [3.05, 3.63) is 76.2 Å².